The molecule has 0 saturated carbocycles. The van der Waals surface area contributed by atoms with Gasteiger partial charge in [-0.2, -0.15) is 0 Å². The number of para-hydroxylation sites is 1. The normalized spacial score (nSPS) is 19.4. The van der Waals surface area contributed by atoms with E-state index in [4.69, 9.17) is 9.47 Å². The first-order valence-corrected chi connectivity index (χ1v) is 7.11. The smallest absolute Gasteiger partial charge is 0.409 e. The Balaban J connectivity index is 1.78. The number of piperidine rings is 1. The van der Waals surface area contributed by atoms with Crippen LogP contribution in [-0.2, 0) is 10.2 Å². The lowest BCUT2D eigenvalue weighted by atomic mass is 9.72. The highest BCUT2D eigenvalue weighted by atomic mass is 16.6. The molecule has 2 aliphatic heterocycles. The summed E-state index contributed by atoms with van der Waals surface area (Å²) in [5.74, 6) is 0.930. The van der Waals surface area contributed by atoms with Crippen LogP contribution in [0.15, 0.2) is 36.6 Å². The van der Waals surface area contributed by atoms with E-state index < -0.39 is 0 Å². The SMILES string of the molecule is CCOC(=O)N1CCC2(C=COc3ccccc32)CC1. The molecule has 0 bridgehead atoms. The van der Waals surface area contributed by atoms with Crippen LogP contribution in [0.25, 0.3) is 0 Å². The Bertz CT molecular complexity index is 530. The Labute approximate surface area is 119 Å². The maximum absolute atomic E-state index is 11.8. The molecule has 1 spiro atoms. The van der Waals surface area contributed by atoms with Gasteiger partial charge in [0.25, 0.3) is 0 Å². The fraction of sp³-hybridized carbons (Fsp3) is 0.438. The molecule has 1 aromatic carbocycles. The number of amides is 1. The minimum atomic E-state index is -0.202. The molecule has 1 aromatic rings. The number of fused-ring (bicyclic) bond motifs is 2. The van der Waals surface area contributed by atoms with Gasteiger partial charge < -0.3 is 14.4 Å². The second-order valence-electron chi connectivity index (χ2n) is 5.26. The Morgan fingerprint density at radius 2 is 2.10 bits per heavy atom. The predicted molar refractivity (Wildman–Crippen MR) is 75.7 cm³/mol. The zero-order chi connectivity index (χ0) is 14.0. The highest BCUT2D eigenvalue weighted by molar-refractivity contribution is 5.68. The second kappa shape index (κ2) is 5.19. The molecule has 0 unspecified atom stereocenters. The van der Waals surface area contributed by atoms with Gasteiger partial charge in [-0.25, -0.2) is 4.79 Å². The monoisotopic (exact) mass is 273 g/mol. The Hall–Kier alpha value is -1.97. The molecule has 0 N–H and O–H groups in total. The lowest BCUT2D eigenvalue weighted by Gasteiger charge is -2.41. The van der Waals surface area contributed by atoms with E-state index in [2.05, 4.69) is 12.1 Å². The van der Waals surface area contributed by atoms with E-state index in [0.717, 1.165) is 31.7 Å². The zero-order valence-corrected chi connectivity index (χ0v) is 11.7. The third-order valence-electron chi connectivity index (χ3n) is 4.19. The van der Waals surface area contributed by atoms with Crippen molar-refractivity contribution in [2.75, 3.05) is 19.7 Å². The van der Waals surface area contributed by atoms with E-state index in [-0.39, 0.29) is 11.5 Å². The van der Waals surface area contributed by atoms with E-state index in [1.54, 1.807) is 11.2 Å². The van der Waals surface area contributed by atoms with Crippen molar-refractivity contribution >= 4 is 6.09 Å². The van der Waals surface area contributed by atoms with Gasteiger partial charge in [0.05, 0.1) is 12.9 Å². The average Bonchev–Trinajstić information content (AvgIpc) is 2.49. The van der Waals surface area contributed by atoms with Crippen molar-refractivity contribution in [1.29, 1.82) is 0 Å². The van der Waals surface area contributed by atoms with E-state index >= 15 is 0 Å². The van der Waals surface area contributed by atoms with Gasteiger partial charge in [0, 0.05) is 24.1 Å². The molecular weight excluding hydrogens is 254 g/mol. The van der Waals surface area contributed by atoms with E-state index in [9.17, 15) is 4.79 Å². The molecule has 4 nitrogen and oxygen atoms in total. The molecule has 0 aromatic heterocycles. The zero-order valence-electron chi connectivity index (χ0n) is 11.7. The van der Waals surface area contributed by atoms with Gasteiger partial charge in [0.1, 0.15) is 5.75 Å². The van der Waals surface area contributed by atoms with Crippen LogP contribution in [0.1, 0.15) is 25.3 Å². The molecule has 0 radical (unpaired) electrons. The Morgan fingerprint density at radius 1 is 1.35 bits per heavy atom. The number of ether oxygens (including phenoxy) is 2. The van der Waals surface area contributed by atoms with Crippen LogP contribution in [0.5, 0.6) is 5.75 Å². The van der Waals surface area contributed by atoms with E-state index in [1.165, 1.54) is 5.56 Å². The standard InChI is InChI=1S/C16H19NO3/c1-2-19-15(18)17-10-7-16(8-11-17)9-12-20-14-6-4-3-5-13(14)16/h3-6,9,12H,2,7-8,10-11H2,1H3. The number of nitrogens with zero attached hydrogens (tertiary/aromatic N) is 1. The summed E-state index contributed by atoms with van der Waals surface area (Å²) in [4.78, 5) is 13.6. The van der Waals surface area contributed by atoms with Gasteiger partial charge in [0.15, 0.2) is 0 Å². The highest BCUT2D eigenvalue weighted by Crippen LogP contribution is 2.43. The van der Waals surface area contributed by atoms with Gasteiger partial charge in [-0.15, -0.1) is 0 Å². The molecule has 3 rings (SSSR count). The number of allylic oxidation sites excluding steroid dienone is 1. The van der Waals surface area contributed by atoms with E-state index in [0.29, 0.717) is 6.61 Å². The first kappa shape index (κ1) is 13.0. The van der Waals surface area contributed by atoms with Crippen molar-refractivity contribution in [3.63, 3.8) is 0 Å². The average molecular weight is 273 g/mol. The number of hydrogen-bond acceptors (Lipinski definition) is 3. The first-order chi connectivity index (χ1) is 9.75. The summed E-state index contributed by atoms with van der Waals surface area (Å²) < 4.78 is 10.6. The van der Waals surface area contributed by atoms with Gasteiger partial charge in [-0.05, 0) is 31.9 Å². The van der Waals surface area contributed by atoms with Crippen molar-refractivity contribution in [2.45, 2.75) is 25.2 Å². The number of carbonyl (C=O) groups excluding carboxylic acids is 1. The van der Waals surface area contributed by atoms with Crippen LogP contribution in [0.3, 0.4) is 0 Å². The number of carbonyl (C=O) groups is 1. The number of rotatable bonds is 1. The lowest BCUT2D eigenvalue weighted by Crippen LogP contribution is -2.45. The lowest BCUT2D eigenvalue weighted by molar-refractivity contribution is 0.0906. The summed E-state index contributed by atoms with van der Waals surface area (Å²) in [7, 11) is 0. The molecule has 2 aliphatic rings. The third-order valence-corrected chi connectivity index (χ3v) is 4.19. The fourth-order valence-corrected chi connectivity index (χ4v) is 3.05. The predicted octanol–water partition coefficient (Wildman–Crippen LogP) is 3.08. The largest absolute Gasteiger partial charge is 0.465 e. The Kier molecular flexibility index (Phi) is 3.38. The molecule has 0 aliphatic carbocycles. The van der Waals surface area contributed by atoms with Crippen molar-refractivity contribution in [2.24, 2.45) is 0 Å². The van der Waals surface area contributed by atoms with Gasteiger partial charge in [0.2, 0.25) is 0 Å². The van der Waals surface area contributed by atoms with Gasteiger partial charge in [-0.1, -0.05) is 18.2 Å². The van der Waals surface area contributed by atoms with E-state index in [1.807, 2.05) is 25.1 Å². The summed E-state index contributed by atoms with van der Waals surface area (Å²) in [5, 5.41) is 0. The minimum Gasteiger partial charge on any atom is -0.465 e. The molecule has 1 amide bonds. The van der Waals surface area contributed by atoms with Crippen LogP contribution >= 0.6 is 0 Å². The van der Waals surface area contributed by atoms with Crippen LogP contribution in [0.2, 0.25) is 0 Å². The Morgan fingerprint density at radius 3 is 2.85 bits per heavy atom. The number of benzene rings is 1. The van der Waals surface area contributed by atoms with Crippen molar-refractivity contribution < 1.29 is 14.3 Å². The summed E-state index contributed by atoms with van der Waals surface area (Å²) >= 11 is 0. The van der Waals surface area contributed by atoms with Crippen molar-refractivity contribution in [3.05, 3.63) is 42.2 Å². The summed E-state index contributed by atoms with van der Waals surface area (Å²) in [6.45, 7) is 3.70. The maximum atomic E-state index is 11.8. The molecule has 20 heavy (non-hydrogen) atoms. The van der Waals surface area contributed by atoms with Crippen molar-refractivity contribution in [1.82, 2.24) is 4.90 Å². The summed E-state index contributed by atoms with van der Waals surface area (Å²) in [6.07, 6.45) is 5.53. The molecule has 106 valence electrons. The molecule has 4 heteroatoms. The van der Waals surface area contributed by atoms with Crippen LogP contribution in [0, 0.1) is 0 Å². The maximum Gasteiger partial charge on any atom is 0.409 e. The van der Waals surface area contributed by atoms with Gasteiger partial charge >= 0.3 is 6.09 Å². The molecular formula is C16H19NO3. The topological polar surface area (TPSA) is 38.8 Å². The first-order valence-electron chi connectivity index (χ1n) is 7.11. The van der Waals surface area contributed by atoms with Gasteiger partial charge in [-0.3, -0.25) is 0 Å². The van der Waals surface area contributed by atoms with Crippen LogP contribution in [-0.4, -0.2) is 30.7 Å². The summed E-state index contributed by atoms with van der Waals surface area (Å²) in [6, 6.07) is 8.15. The summed E-state index contributed by atoms with van der Waals surface area (Å²) in [5.41, 5.74) is 1.23. The van der Waals surface area contributed by atoms with Crippen LogP contribution < -0.4 is 4.74 Å². The van der Waals surface area contributed by atoms with Crippen molar-refractivity contribution in [3.8, 4) is 5.75 Å². The minimum absolute atomic E-state index is 0.00214. The molecule has 1 fully saturated rings. The third kappa shape index (κ3) is 2.15. The number of likely N-dealkylation sites (tertiary alicyclic amines) is 1. The quantitative estimate of drug-likeness (QED) is 0.789. The molecule has 2 heterocycles. The second-order valence-corrected chi connectivity index (χ2v) is 5.26. The fourth-order valence-electron chi connectivity index (χ4n) is 3.05. The highest BCUT2D eigenvalue weighted by Gasteiger charge is 2.39. The molecule has 0 atom stereocenters. The van der Waals surface area contributed by atoms with Crippen LogP contribution in [0.4, 0.5) is 4.79 Å². The molecule has 1 saturated heterocycles. The number of hydrogen-bond donors (Lipinski definition) is 0.